The number of rotatable bonds is 3. The van der Waals surface area contributed by atoms with Crippen LogP contribution in [-0.2, 0) is 0 Å². The lowest BCUT2D eigenvalue weighted by atomic mass is 9.88. The first-order chi connectivity index (χ1) is 11.4. The van der Waals surface area contributed by atoms with E-state index in [-0.39, 0.29) is 0 Å². The SMILES string of the molecule is C1=CC(c2ccccc2)CC=C1c1cccc(-c2ccn[nH]2)c1. The van der Waals surface area contributed by atoms with Crippen LogP contribution >= 0.6 is 0 Å². The number of H-pyrrole nitrogens is 1. The first kappa shape index (κ1) is 13.8. The van der Waals surface area contributed by atoms with Crippen molar-refractivity contribution in [1.82, 2.24) is 10.2 Å². The molecule has 3 aromatic rings. The molecule has 0 saturated heterocycles. The van der Waals surface area contributed by atoms with E-state index in [0.717, 1.165) is 12.1 Å². The summed E-state index contributed by atoms with van der Waals surface area (Å²) in [6.45, 7) is 0. The average molecular weight is 298 g/mol. The van der Waals surface area contributed by atoms with Crippen LogP contribution in [0.2, 0.25) is 0 Å². The largest absolute Gasteiger partial charge is 0.278 e. The molecule has 0 radical (unpaired) electrons. The maximum absolute atomic E-state index is 4.03. The van der Waals surface area contributed by atoms with Gasteiger partial charge in [-0.25, -0.2) is 0 Å². The van der Waals surface area contributed by atoms with Crippen molar-refractivity contribution in [1.29, 1.82) is 0 Å². The minimum atomic E-state index is 0.482. The molecule has 23 heavy (non-hydrogen) atoms. The minimum absolute atomic E-state index is 0.482. The van der Waals surface area contributed by atoms with Crippen LogP contribution in [0.3, 0.4) is 0 Å². The van der Waals surface area contributed by atoms with Crippen LogP contribution in [0.4, 0.5) is 0 Å². The molecule has 0 saturated carbocycles. The molecule has 112 valence electrons. The summed E-state index contributed by atoms with van der Waals surface area (Å²) in [5, 5.41) is 7.06. The highest BCUT2D eigenvalue weighted by atomic mass is 15.1. The molecule has 1 aliphatic carbocycles. The Balaban J connectivity index is 1.57. The Morgan fingerprint density at radius 3 is 2.52 bits per heavy atom. The summed E-state index contributed by atoms with van der Waals surface area (Å²) in [7, 11) is 0. The predicted octanol–water partition coefficient (Wildman–Crippen LogP) is 5.20. The molecular formula is C21H18N2. The fourth-order valence-electron chi connectivity index (χ4n) is 3.06. The van der Waals surface area contributed by atoms with Crippen molar-refractivity contribution in [2.75, 3.05) is 0 Å². The highest BCUT2D eigenvalue weighted by Crippen LogP contribution is 2.31. The second-order valence-corrected chi connectivity index (χ2v) is 5.82. The van der Waals surface area contributed by atoms with Crippen LogP contribution < -0.4 is 0 Å². The van der Waals surface area contributed by atoms with Crippen molar-refractivity contribution >= 4 is 5.57 Å². The van der Waals surface area contributed by atoms with Gasteiger partial charge in [0.05, 0.1) is 5.69 Å². The topological polar surface area (TPSA) is 28.7 Å². The number of allylic oxidation sites excluding steroid dienone is 4. The van der Waals surface area contributed by atoms with E-state index in [2.05, 4.69) is 83.0 Å². The van der Waals surface area contributed by atoms with Crippen molar-refractivity contribution in [3.63, 3.8) is 0 Å². The number of aromatic nitrogens is 2. The third-order valence-electron chi connectivity index (χ3n) is 4.34. The molecule has 2 aromatic carbocycles. The van der Waals surface area contributed by atoms with E-state index in [1.807, 2.05) is 6.07 Å². The van der Waals surface area contributed by atoms with Gasteiger partial charge in [0, 0.05) is 17.7 Å². The quantitative estimate of drug-likeness (QED) is 0.707. The number of hydrogen-bond donors (Lipinski definition) is 1. The Hall–Kier alpha value is -2.87. The molecule has 1 aliphatic rings. The summed E-state index contributed by atoms with van der Waals surface area (Å²) in [4.78, 5) is 0. The number of nitrogens with one attached hydrogen (secondary N) is 1. The molecule has 1 N–H and O–H groups in total. The summed E-state index contributed by atoms with van der Waals surface area (Å²) in [5.41, 5.74) is 6.14. The molecule has 0 spiro atoms. The molecule has 1 heterocycles. The van der Waals surface area contributed by atoms with Crippen molar-refractivity contribution in [3.8, 4) is 11.3 Å². The molecular weight excluding hydrogens is 280 g/mol. The monoisotopic (exact) mass is 298 g/mol. The number of nitrogens with zero attached hydrogens (tertiary/aromatic N) is 1. The summed E-state index contributed by atoms with van der Waals surface area (Å²) >= 11 is 0. The van der Waals surface area contributed by atoms with Gasteiger partial charge in [-0.15, -0.1) is 0 Å². The van der Waals surface area contributed by atoms with Gasteiger partial charge in [0.15, 0.2) is 0 Å². The van der Waals surface area contributed by atoms with Gasteiger partial charge in [0.25, 0.3) is 0 Å². The van der Waals surface area contributed by atoms with E-state index in [9.17, 15) is 0 Å². The van der Waals surface area contributed by atoms with Crippen molar-refractivity contribution < 1.29 is 0 Å². The number of benzene rings is 2. The molecule has 1 unspecified atom stereocenters. The fraction of sp³-hybridized carbons (Fsp3) is 0.0952. The Morgan fingerprint density at radius 2 is 1.78 bits per heavy atom. The van der Waals surface area contributed by atoms with Gasteiger partial charge in [-0.3, -0.25) is 5.10 Å². The Morgan fingerprint density at radius 1 is 0.913 bits per heavy atom. The molecule has 0 aliphatic heterocycles. The van der Waals surface area contributed by atoms with E-state index < -0.39 is 0 Å². The fourth-order valence-corrected chi connectivity index (χ4v) is 3.06. The first-order valence-electron chi connectivity index (χ1n) is 7.94. The van der Waals surface area contributed by atoms with Crippen LogP contribution in [-0.4, -0.2) is 10.2 Å². The molecule has 2 heteroatoms. The van der Waals surface area contributed by atoms with Crippen LogP contribution in [0.5, 0.6) is 0 Å². The third-order valence-corrected chi connectivity index (χ3v) is 4.34. The van der Waals surface area contributed by atoms with Crippen LogP contribution in [0.1, 0.15) is 23.5 Å². The Bertz CT molecular complexity index is 843. The first-order valence-corrected chi connectivity index (χ1v) is 7.94. The van der Waals surface area contributed by atoms with Crippen LogP contribution in [0.25, 0.3) is 16.8 Å². The molecule has 0 bridgehead atoms. The maximum Gasteiger partial charge on any atom is 0.0650 e. The summed E-state index contributed by atoms with van der Waals surface area (Å²) in [6, 6.07) is 21.3. The average Bonchev–Trinajstić information content (AvgIpc) is 3.18. The van der Waals surface area contributed by atoms with Gasteiger partial charge < -0.3 is 0 Å². The second kappa shape index (κ2) is 6.09. The zero-order chi connectivity index (χ0) is 15.5. The zero-order valence-corrected chi connectivity index (χ0v) is 12.8. The van der Waals surface area contributed by atoms with Gasteiger partial charge in [-0.05, 0) is 35.3 Å². The molecule has 4 rings (SSSR count). The molecule has 2 nitrogen and oxygen atoms in total. The number of aromatic amines is 1. The lowest BCUT2D eigenvalue weighted by Crippen LogP contribution is -1.98. The lowest BCUT2D eigenvalue weighted by molar-refractivity contribution is 0.856. The van der Waals surface area contributed by atoms with Gasteiger partial charge in [0.1, 0.15) is 0 Å². The van der Waals surface area contributed by atoms with Crippen LogP contribution in [0.15, 0.2) is 85.1 Å². The van der Waals surface area contributed by atoms with E-state index in [0.29, 0.717) is 5.92 Å². The Kier molecular flexibility index (Phi) is 3.65. The molecule has 0 fully saturated rings. The highest BCUT2D eigenvalue weighted by Gasteiger charge is 2.12. The standard InChI is InChI=1S/C21H18N2/c1-2-5-16(6-3-1)17-9-11-18(12-10-17)19-7-4-8-20(15-19)21-13-14-22-23-21/h1-9,11-15,17H,10H2,(H,22,23). The summed E-state index contributed by atoms with van der Waals surface area (Å²) < 4.78 is 0. The molecule has 1 aromatic heterocycles. The highest BCUT2D eigenvalue weighted by molar-refractivity contribution is 5.78. The minimum Gasteiger partial charge on any atom is -0.278 e. The normalized spacial score (nSPS) is 17.0. The smallest absolute Gasteiger partial charge is 0.0650 e. The van der Waals surface area contributed by atoms with Crippen molar-refractivity contribution in [2.45, 2.75) is 12.3 Å². The van der Waals surface area contributed by atoms with Crippen molar-refractivity contribution in [2.24, 2.45) is 0 Å². The molecule has 0 amide bonds. The van der Waals surface area contributed by atoms with E-state index in [1.54, 1.807) is 6.20 Å². The summed E-state index contributed by atoms with van der Waals surface area (Å²) in [5.74, 6) is 0.482. The number of hydrogen-bond acceptors (Lipinski definition) is 1. The van der Waals surface area contributed by atoms with Gasteiger partial charge in [-0.2, -0.15) is 5.10 Å². The van der Waals surface area contributed by atoms with Gasteiger partial charge in [-0.1, -0.05) is 66.8 Å². The lowest BCUT2D eigenvalue weighted by Gasteiger charge is -2.17. The maximum atomic E-state index is 4.03. The summed E-state index contributed by atoms with van der Waals surface area (Å²) in [6.07, 6.45) is 9.72. The van der Waals surface area contributed by atoms with E-state index >= 15 is 0 Å². The van der Waals surface area contributed by atoms with E-state index in [4.69, 9.17) is 0 Å². The van der Waals surface area contributed by atoms with Gasteiger partial charge >= 0.3 is 0 Å². The van der Waals surface area contributed by atoms with Gasteiger partial charge in [0.2, 0.25) is 0 Å². The van der Waals surface area contributed by atoms with Crippen LogP contribution in [0, 0.1) is 0 Å². The second-order valence-electron chi connectivity index (χ2n) is 5.82. The third kappa shape index (κ3) is 2.88. The predicted molar refractivity (Wildman–Crippen MR) is 94.9 cm³/mol. The zero-order valence-electron chi connectivity index (χ0n) is 12.8. The van der Waals surface area contributed by atoms with E-state index in [1.165, 1.54) is 22.3 Å². The molecule has 1 atom stereocenters. The van der Waals surface area contributed by atoms with Crippen molar-refractivity contribution in [3.05, 3.63) is 96.2 Å². The Labute approximate surface area is 136 Å².